The molecule has 0 radical (unpaired) electrons. The van der Waals surface area contributed by atoms with Gasteiger partial charge in [-0.2, -0.15) is 4.98 Å². The van der Waals surface area contributed by atoms with Gasteiger partial charge in [0.25, 0.3) is 5.91 Å². The van der Waals surface area contributed by atoms with Crippen LogP contribution < -0.4 is 5.32 Å². The maximum Gasteiger partial charge on any atom is 0.251 e. The lowest BCUT2D eigenvalue weighted by molar-refractivity contribution is 0.0932. The van der Waals surface area contributed by atoms with E-state index < -0.39 is 0 Å². The van der Waals surface area contributed by atoms with Crippen LogP contribution in [0.4, 0.5) is 0 Å². The lowest BCUT2D eigenvalue weighted by Crippen LogP contribution is -2.26. The fourth-order valence-electron chi connectivity index (χ4n) is 2.44. The van der Waals surface area contributed by atoms with Gasteiger partial charge in [0.05, 0.1) is 0 Å². The number of carbonyl (C=O) groups excluding carboxylic acids is 1. The number of aromatic nitrogens is 2. The van der Waals surface area contributed by atoms with E-state index in [1.54, 1.807) is 6.07 Å². The van der Waals surface area contributed by atoms with Crippen molar-refractivity contribution < 1.29 is 9.32 Å². The minimum atomic E-state index is -0.371. The Morgan fingerprint density at radius 1 is 1.08 bits per heavy atom. The lowest BCUT2D eigenvalue weighted by atomic mass is 10.1. The molecule has 0 saturated carbocycles. The summed E-state index contributed by atoms with van der Waals surface area (Å²) >= 11 is 0. The number of carbonyl (C=O) groups is 1. The van der Waals surface area contributed by atoms with Crippen LogP contribution in [0, 0.1) is 13.8 Å². The predicted molar refractivity (Wildman–Crippen MR) is 91.5 cm³/mol. The van der Waals surface area contributed by atoms with Crippen LogP contribution >= 0.6 is 0 Å². The molecule has 3 aromatic rings. The molecular formula is C19H19N3O2. The standard InChI is InChI=1S/C19H19N3O2/c1-12-6-4-8-15(10-12)17-21-19(24-22-17)14(3)20-18(23)16-9-5-7-13(2)11-16/h4-11,14H,1-3H3,(H,20,23)/t14-/m1/s1. The molecule has 1 amide bonds. The van der Waals surface area contributed by atoms with Crippen molar-refractivity contribution in [1.82, 2.24) is 15.5 Å². The summed E-state index contributed by atoms with van der Waals surface area (Å²) in [5.41, 5.74) is 3.66. The minimum Gasteiger partial charge on any atom is -0.341 e. The Labute approximate surface area is 140 Å². The van der Waals surface area contributed by atoms with Gasteiger partial charge >= 0.3 is 0 Å². The first-order valence-electron chi connectivity index (χ1n) is 7.81. The van der Waals surface area contributed by atoms with E-state index in [2.05, 4.69) is 15.5 Å². The van der Waals surface area contributed by atoms with Gasteiger partial charge in [0.2, 0.25) is 11.7 Å². The molecule has 1 atom stereocenters. The number of rotatable bonds is 4. The molecule has 0 aliphatic rings. The van der Waals surface area contributed by atoms with Gasteiger partial charge in [-0.3, -0.25) is 4.79 Å². The summed E-state index contributed by atoms with van der Waals surface area (Å²) in [5, 5.41) is 6.89. The van der Waals surface area contributed by atoms with Gasteiger partial charge in [-0.05, 0) is 39.0 Å². The zero-order valence-corrected chi connectivity index (χ0v) is 13.9. The molecule has 2 aromatic carbocycles. The first-order valence-corrected chi connectivity index (χ1v) is 7.81. The van der Waals surface area contributed by atoms with Crippen LogP contribution in [0.3, 0.4) is 0 Å². The van der Waals surface area contributed by atoms with Crippen molar-refractivity contribution in [3.05, 3.63) is 71.1 Å². The number of nitrogens with one attached hydrogen (secondary N) is 1. The summed E-state index contributed by atoms with van der Waals surface area (Å²) in [6.45, 7) is 5.78. The molecule has 5 nitrogen and oxygen atoms in total. The number of hydrogen-bond donors (Lipinski definition) is 1. The highest BCUT2D eigenvalue weighted by Crippen LogP contribution is 2.19. The van der Waals surface area contributed by atoms with Crippen molar-refractivity contribution in [3.63, 3.8) is 0 Å². The highest BCUT2D eigenvalue weighted by molar-refractivity contribution is 5.94. The molecule has 1 aromatic heterocycles. The van der Waals surface area contributed by atoms with Gasteiger partial charge in [-0.1, -0.05) is 46.6 Å². The van der Waals surface area contributed by atoms with Crippen molar-refractivity contribution in [1.29, 1.82) is 0 Å². The second-order valence-electron chi connectivity index (χ2n) is 5.89. The van der Waals surface area contributed by atoms with Crippen LogP contribution in [-0.4, -0.2) is 16.0 Å². The van der Waals surface area contributed by atoms with E-state index >= 15 is 0 Å². The number of amides is 1. The monoisotopic (exact) mass is 321 g/mol. The summed E-state index contributed by atoms with van der Waals surface area (Å²) in [6, 6.07) is 14.9. The Morgan fingerprint density at radius 3 is 2.50 bits per heavy atom. The molecule has 0 bridgehead atoms. The molecule has 24 heavy (non-hydrogen) atoms. The van der Waals surface area contributed by atoms with E-state index in [1.165, 1.54) is 0 Å². The smallest absolute Gasteiger partial charge is 0.251 e. The Kier molecular flexibility index (Phi) is 4.42. The van der Waals surface area contributed by atoms with E-state index in [1.807, 2.05) is 63.2 Å². The van der Waals surface area contributed by atoms with Gasteiger partial charge in [0, 0.05) is 11.1 Å². The van der Waals surface area contributed by atoms with Gasteiger partial charge < -0.3 is 9.84 Å². The van der Waals surface area contributed by atoms with Crippen LogP contribution in [0.2, 0.25) is 0 Å². The third kappa shape index (κ3) is 3.51. The molecule has 1 heterocycles. The Bertz CT molecular complexity index is 870. The molecular weight excluding hydrogens is 302 g/mol. The van der Waals surface area contributed by atoms with Crippen LogP contribution in [0.25, 0.3) is 11.4 Å². The topological polar surface area (TPSA) is 68.0 Å². The molecule has 122 valence electrons. The quantitative estimate of drug-likeness (QED) is 0.792. The third-order valence-corrected chi connectivity index (χ3v) is 3.72. The summed E-state index contributed by atoms with van der Waals surface area (Å²) in [5.74, 6) is 0.736. The molecule has 3 rings (SSSR count). The van der Waals surface area contributed by atoms with Crippen LogP contribution in [-0.2, 0) is 0 Å². The number of benzene rings is 2. The lowest BCUT2D eigenvalue weighted by Gasteiger charge is -2.10. The predicted octanol–water partition coefficient (Wildman–Crippen LogP) is 3.84. The fraction of sp³-hybridized carbons (Fsp3) is 0.211. The maximum absolute atomic E-state index is 12.3. The van der Waals surface area contributed by atoms with Crippen LogP contribution in [0.15, 0.2) is 53.1 Å². The van der Waals surface area contributed by atoms with E-state index in [9.17, 15) is 4.79 Å². The summed E-state index contributed by atoms with van der Waals surface area (Å²) in [7, 11) is 0. The number of aryl methyl sites for hydroxylation is 2. The average molecular weight is 321 g/mol. The molecule has 5 heteroatoms. The van der Waals surface area contributed by atoms with E-state index in [0.717, 1.165) is 16.7 Å². The normalized spacial score (nSPS) is 12.0. The zero-order valence-electron chi connectivity index (χ0n) is 13.9. The third-order valence-electron chi connectivity index (χ3n) is 3.72. The van der Waals surface area contributed by atoms with Gasteiger partial charge in [0.15, 0.2) is 0 Å². The highest BCUT2D eigenvalue weighted by atomic mass is 16.5. The second-order valence-corrected chi connectivity index (χ2v) is 5.89. The summed E-state index contributed by atoms with van der Waals surface area (Å²) in [4.78, 5) is 16.7. The minimum absolute atomic E-state index is 0.165. The Morgan fingerprint density at radius 2 is 1.79 bits per heavy atom. The van der Waals surface area contributed by atoms with Crippen molar-refractivity contribution in [2.24, 2.45) is 0 Å². The summed E-state index contributed by atoms with van der Waals surface area (Å²) in [6.07, 6.45) is 0. The molecule has 1 N–H and O–H groups in total. The van der Waals surface area contributed by atoms with Crippen molar-refractivity contribution in [2.75, 3.05) is 0 Å². The largest absolute Gasteiger partial charge is 0.341 e. The van der Waals surface area contributed by atoms with Gasteiger partial charge in [0.1, 0.15) is 6.04 Å². The molecule has 0 aliphatic heterocycles. The molecule has 0 fully saturated rings. The zero-order chi connectivity index (χ0) is 17.1. The summed E-state index contributed by atoms with van der Waals surface area (Å²) < 4.78 is 5.31. The van der Waals surface area contributed by atoms with Gasteiger partial charge in [-0.25, -0.2) is 0 Å². The van der Waals surface area contributed by atoms with Crippen molar-refractivity contribution >= 4 is 5.91 Å². The number of hydrogen-bond acceptors (Lipinski definition) is 4. The second kappa shape index (κ2) is 6.66. The first kappa shape index (κ1) is 15.9. The van der Waals surface area contributed by atoms with Crippen molar-refractivity contribution in [3.8, 4) is 11.4 Å². The van der Waals surface area contributed by atoms with E-state index in [4.69, 9.17) is 4.52 Å². The SMILES string of the molecule is Cc1cccc(C(=O)N[C@H](C)c2nc(-c3cccc(C)c3)no2)c1. The molecule has 0 saturated heterocycles. The molecule has 0 unspecified atom stereocenters. The Hall–Kier alpha value is -2.95. The van der Waals surface area contributed by atoms with Crippen molar-refractivity contribution in [2.45, 2.75) is 26.8 Å². The molecule has 0 spiro atoms. The molecule has 0 aliphatic carbocycles. The Balaban J connectivity index is 1.74. The van der Waals surface area contributed by atoms with Crippen LogP contribution in [0.1, 0.15) is 40.3 Å². The number of nitrogens with zero attached hydrogens (tertiary/aromatic N) is 2. The first-order chi connectivity index (χ1) is 11.5. The maximum atomic E-state index is 12.3. The fourth-order valence-corrected chi connectivity index (χ4v) is 2.44. The van der Waals surface area contributed by atoms with Gasteiger partial charge in [-0.15, -0.1) is 0 Å². The van der Waals surface area contributed by atoms with Crippen LogP contribution in [0.5, 0.6) is 0 Å². The average Bonchev–Trinajstić information content (AvgIpc) is 3.05. The highest BCUT2D eigenvalue weighted by Gasteiger charge is 2.18. The van der Waals surface area contributed by atoms with E-state index in [0.29, 0.717) is 17.3 Å². The van der Waals surface area contributed by atoms with E-state index in [-0.39, 0.29) is 11.9 Å².